The van der Waals surface area contributed by atoms with Crippen molar-refractivity contribution in [3.05, 3.63) is 90.5 Å². The third kappa shape index (κ3) is 6.36. The summed E-state index contributed by atoms with van der Waals surface area (Å²) in [6, 6.07) is 28.3. The normalized spacial score (nSPS) is 14.3. The van der Waals surface area contributed by atoms with E-state index in [4.69, 9.17) is 9.73 Å². The number of rotatable bonds is 7. The Balaban J connectivity index is 0.00000256. The van der Waals surface area contributed by atoms with Gasteiger partial charge in [0.2, 0.25) is 5.90 Å². The fourth-order valence-electron chi connectivity index (χ4n) is 3.40. The van der Waals surface area contributed by atoms with Crippen molar-refractivity contribution in [1.82, 2.24) is 4.90 Å². The molecule has 0 radical (unpaired) electrons. The minimum absolute atomic E-state index is 0. The first kappa shape index (κ1) is 22.4. The molecule has 156 valence electrons. The molecular formula is C25H27ClN2OS. The maximum atomic E-state index is 6.37. The maximum Gasteiger partial charge on any atom is 0.227 e. The van der Waals surface area contributed by atoms with Gasteiger partial charge >= 0.3 is 0 Å². The number of thioether (sulfide) groups is 1. The molecule has 0 aliphatic carbocycles. The van der Waals surface area contributed by atoms with Gasteiger partial charge in [-0.05, 0) is 62.3 Å². The van der Waals surface area contributed by atoms with E-state index in [1.54, 1.807) is 0 Å². The van der Waals surface area contributed by atoms with Crippen LogP contribution in [-0.4, -0.2) is 36.2 Å². The molecule has 3 nitrogen and oxygen atoms in total. The lowest BCUT2D eigenvalue weighted by molar-refractivity contribution is 0.362. The van der Waals surface area contributed by atoms with Crippen LogP contribution < -0.4 is 4.74 Å². The van der Waals surface area contributed by atoms with Gasteiger partial charge in [0.05, 0.1) is 10.6 Å². The van der Waals surface area contributed by atoms with Crippen molar-refractivity contribution in [3.63, 3.8) is 0 Å². The number of likely N-dealkylation sites (tertiary alicyclic amines) is 1. The molecule has 1 aliphatic heterocycles. The van der Waals surface area contributed by atoms with Crippen molar-refractivity contribution in [2.75, 3.05) is 25.4 Å². The second-order valence-corrected chi connectivity index (χ2v) is 8.20. The predicted molar refractivity (Wildman–Crippen MR) is 130 cm³/mol. The van der Waals surface area contributed by atoms with Crippen LogP contribution in [0.4, 0.5) is 5.69 Å². The number of nitrogens with zero attached hydrogens (tertiary/aromatic N) is 2. The summed E-state index contributed by atoms with van der Waals surface area (Å²) in [5, 5.41) is 0. The fourth-order valence-corrected chi connectivity index (χ4v) is 4.39. The standard InChI is InChI=1S/C25H26N2OS.ClH/c1-3-11-21(12-4-1)25(26-22-13-5-2-6-14-22)28-23-15-7-8-16-24(23)29-20-19-27-17-9-10-18-27;/h1-8,11-16H,9-10,17-20H2;1H. The smallest absolute Gasteiger partial charge is 0.227 e. The molecule has 1 fully saturated rings. The lowest BCUT2D eigenvalue weighted by atomic mass is 10.2. The van der Waals surface area contributed by atoms with Gasteiger partial charge in [-0.2, -0.15) is 0 Å². The van der Waals surface area contributed by atoms with Crippen molar-refractivity contribution in [2.24, 2.45) is 4.99 Å². The Morgan fingerprint density at radius 1 is 0.833 bits per heavy atom. The van der Waals surface area contributed by atoms with Crippen LogP contribution in [0.2, 0.25) is 0 Å². The van der Waals surface area contributed by atoms with Gasteiger partial charge < -0.3 is 9.64 Å². The van der Waals surface area contributed by atoms with Crippen molar-refractivity contribution in [2.45, 2.75) is 17.7 Å². The van der Waals surface area contributed by atoms with Crippen LogP contribution in [0.1, 0.15) is 18.4 Å². The minimum Gasteiger partial charge on any atom is -0.437 e. The molecule has 0 aromatic heterocycles. The Labute approximate surface area is 189 Å². The third-order valence-corrected chi connectivity index (χ3v) is 5.96. The number of benzene rings is 3. The summed E-state index contributed by atoms with van der Waals surface area (Å²) in [7, 11) is 0. The van der Waals surface area contributed by atoms with Crippen LogP contribution >= 0.6 is 24.2 Å². The van der Waals surface area contributed by atoms with Crippen LogP contribution in [0, 0.1) is 0 Å². The van der Waals surface area contributed by atoms with Gasteiger partial charge in [0.15, 0.2) is 0 Å². The highest BCUT2D eigenvalue weighted by Crippen LogP contribution is 2.30. The maximum absolute atomic E-state index is 6.37. The second-order valence-electron chi connectivity index (χ2n) is 7.06. The lowest BCUT2D eigenvalue weighted by Gasteiger charge is -2.16. The van der Waals surface area contributed by atoms with Gasteiger partial charge in [-0.3, -0.25) is 0 Å². The first-order valence-electron chi connectivity index (χ1n) is 10.2. The van der Waals surface area contributed by atoms with E-state index < -0.39 is 0 Å². The third-order valence-electron chi connectivity index (χ3n) is 4.93. The molecule has 0 unspecified atom stereocenters. The number of hydrogen-bond donors (Lipinski definition) is 0. The summed E-state index contributed by atoms with van der Waals surface area (Å²) < 4.78 is 6.37. The van der Waals surface area contributed by atoms with E-state index in [0.717, 1.165) is 34.2 Å². The van der Waals surface area contributed by atoms with Crippen LogP contribution in [0.5, 0.6) is 5.75 Å². The molecule has 0 amide bonds. The number of hydrogen-bond acceptors (Lipinski definition) is 4. The monoisotopic (exact) mass is 438 g/mol. The Morgan fingerprint density at radius 2 is 1.47 bits per heavy atom. The number of aliphatic imine (C=N–C) groups is 1. The summed E-state index contributed by atoms with van der Waals surface area (Å²) in [6.07, 6.45) is 2.67. The second kappa shape index (κ2) is 11.8. The summed E-state index contributed by atoms with van der Waals surface area (Å²) >= 11 is 1.86. The molecular weight excluding hydrogens is 412 g/mol. The average Bonchev–Trinajstić information content (AvgIpc) is 3.29. The van der Waals surface area contributed by atoms with E-state index in [0.29, 0.717) is 5.90 Å². The van der Waals surface area contributed by atoms with Gasteiger partial charge in [-0.25, -0.2) is 4.99 Å². The fraction of sp³-hybridized carbons (Fsp3) is 0.240. The van der Waals surface area contributed by atoms with Crippen LogP contribution in [0.15, 0.2) is 94.8 Å². The van der Waals surface area contributed by atoms with Gasteiger partial charge in [0.25, 0.3) is 0 Å². The molecule has 5 heteroatoms. The quantitative estimate of drug-likeness (QED) is 0.240. The molecule has 1 heterocycles. The molecule has 0 spiro atoms. The Hall–Kier alpha value is -2.27. The first-order chi connectivity index (χ1) is 14.4. The topological polar surface area (TPSA) is 24.8 Å². The zero-order chi connectivity index (χ0) is 19.7. The van der Waals surface area contributed by atoms with E-state index >= 15 is 0 Å². The van der Waals surface area contributed by atoms with Crippen LogP contribution in [0.25, 0.3) is 0 Å². The number of para-hydroxylation sites is 2. The van der Waals surface area contributed by atoms with Gasteiger partial charge in [0, 0.05) is 17.9 Å². The highest BCUT2D eigenvalue weighted by Gasteiger charge is 2.13. The van der Waals surface area contributed by atoms with E-state index in [1.807, 2.05) is 84.6 Å². The van der Waals surface area contributed by atoms with Crippen molar-refractivity contribution in [1.29, 1.82) is 0 Å². The molecule has 3 aromatic carbocycles. The molecule has 1 saturated heterocycles. The molecule has 0 atom stereocenters. The summed E-state index contributed by atoms with van der Waals surface area (Å²) in [5.74, 6) is 2.54. The van der Waals surface area contributed by atoms with E-state index in [9.17, 15) is 0 Å². The summed E-state index contributed by atoms with van der Waals surface area (Å²) in [4.78, 5) is 8.49. The molecule has 0 bridgehead atoms. The predicted octanol–water partition coefficient (Wildman–Crippen LogP) is 6.45. The molecule has 4 rings (SSSR count). The summed E-state index contributed by atoms with van der Waals surface area (Å²) in [6.45, 7) is 3.60. The van der Waals surface area contributed by atoms with Gasteiger partial charge in [0.1, 0.15) is 5.75 Å². The van der Waals surface area contributed by atoms with Crippen molar-refractivity contribution < 1.29 is 4.74 Å². The van der Waals surface area contributed by atoms with E-state index in [2.05, 4.69) is 17.0 Å². The van der Waals surface area contributed by atoms with Crippen molar-refractivity contribution in [3.8, 4) is 5.75 Å². The molecule has 0 saturated carbocycles. The highest BCUT2D eigenvalue weighted by molar-refractivity contribution is 7.99. The summed E-state index contributed by atoms with van der Waals surface area (Å²) in [5.41, 5.74) is 1.85. The van der Waals surface area contributed by atoms with E-state index in [1.165, 1.54) is 25.9 Å². The Bertz CT molecular complexity index is 928. The average molecular weight is 439 g/mol. The lowest BCUT2D eigenvalue weighted by Crippen LogP contribution is -2.21. The zero-order valence-corrected chi connectivity index (χ0v) is 18.6. The first-order valence-corrected chi connectivity index (χ1v) is 11.2. The zero-order valence-electron chi connectivity index (χ0n) is 16.9. The Morgan fingerprint density at radius 3 is 2.20 bits per heavy atom. The van der Waals surface area contributed by atoms with E-state index in [-0.39, 0.29) is 12.4 Å². The van der Waals surface area contributed by atoms with Gasteiger partial charge in [-0.15, -0.1) is 24.2 Å². The SMILES string of the molecule is Cl.c1ccc(N=C(Oc2ccccc2SCCN2CCCC2)c2ccccc2)cc1. The van der Waals surface area contributed by atoms with Gasteiger partial charge in [-0.1, -0.05) is 48.5 Å². The minimum atomic E-state index is 0. The number of ether oxygens (including phenoxy) is 1. The van der Waals surface area contributed by atoms with Crippen molar-refractivity contribution >= 4 is 35.8 Å². The Kier molecular flexibility index (Phi) is 8.81. The molecule has 1 aliphatic rings. The largest absolute Gasteiger partial charge is 0.437 e. The molecule has 30 heavy (non-hydrogen) atoms. The molecule has 0 N–H and O–H groups in total. The van der Waals surface area contributed by atoms with Crippen LogP contribution in [0.3, 0.4) is 0 Å². The molecule has 3 aromatic rings. The van der Waals surface area contributed by atoms with Crippen LogP contribution in [-0.2, 0) is 0 Å². The highest BCUT2D eigenvalue weighted by atomic mass is 35.5. The number of halogens is 1.